The van der Waals surface area contributed by atoms with Crippen LogP contribution >= 0.6 is 0 Å². The number of carbonyl (C=O) groups is 1. The minimum atomic E-state index is -1.21. The Hall–Kier alpha value is -1.59. The molecule has 0 bridgehead atoms. The number of unbranched alkanes of at least 4 members (excludes halogenated alkanes) is 1. The molecule has 1 aromatic rings. The van der Waals surface area contributed by atoms with Crippen molar-refractivity contribution in [1.29, 1.82) is 0 Å². The van der Waals surface area contributed by atoms with Crippen LogP contribution in [-0.2, 0) is 0 Å². The molecular formula is C7H11N3O3. The topological polar surface area (TPSA) is 88.2 Å². The van der Waals surface area contributed by atoms with E-state index in [4.69, 9.17) is 9.52 Å². The van der Waals surface area contributed by atoms with Crippen LogP contribution in [0.3, 0.4) is 0 Å². The fourth-order valence-corrected chi connectivity index (χ4v) is 0.753. The van der Waals surface area contributed by atoms with Gasteiger partial charge in [-0.15, -0.1) is 0 Å². The number of nitrogens with one attached hydrogen (secondary N) is 1. The molecule has 1 aromatic heterocycles. The van der Waals surface area contributed by atoms with Gasteiger partial charge in [0.25, 0.3) is 0 Å². The highest BCUT2D eigenvalue weighted by Crippen LogP contribution is 2.04. The maximum atomic E-state index is 10.3. The fraction of sp³-hybridized carbons (Fsp3) is 0.571. The van der Waals surface area contributed by atoms with E-state index in [0.717, 1.165) is 12.8 Å². The highest BCUT2D eigenvalue weighted by Gasteiger charge is 2.11. The number of aromatic nitrogens is 2. The number of hydrogen-bond acceptors (Lipinski definition) is 5. The SMILES string of the molecule is CCCCNc1nnc(C(=O)O)o1. The molecule has 6 nitrogen and oxygen atoms in total. The van der Waals surface area contributed by atoms with Gasteiger partial charge in [-0.05, 0) is 6.42 Å². The summed E-state index contributed by atoms with van der Waals surface area (Å²) in [5.74, 6) is -1.60. The van der Waals surface area contributed by atoms with Crippen LogP contribution in [-0.4, -0.2) is 27.8 Å². The summed E-state index contributed by atoms with van der Waals surface area (Å²) < 4.78 is 4.76. The third-order valence-corrected chi connectivity index (χ3v) is 1.41. The first-order chi connectivity index (χ1) is 6.24. The van der Waals surface area contributed by atoms with Gasteiger partial charge >= 0.3 is 17.9 Å². The number of hydrogen-bond donors (Lipinski definition) is 2. The molecule has 1 heterocycles. The van der Waals surface area contributed by atoms with Crippen molar-refractivity contribution in [1.82, 2.24) is 10.2 Å². The Labute approximate surface area is 75.0 Å². The molecule has 0 spiro atoms. The molecular weight excluding hydrogens is 174 g/mol. The summed E-state index contributed by atoms with van der Waals surface area (Å²) in [4.78, 5) is 10.3. The Morgan fingerprint density at radius 2 is 2.38 bits per heavy atom. The molecule has 2 N–H and O–H groups in total. The Kier molecular flexibility index (Phi) is 3.24. The molecule has 1 rings (SSSR count). The molecule has 0 unspecified atom stereocenters. The average molecular weight is 185 g/mol. The van der Waals surface area contributed by atoms with E-state index in [9.17, 15) is 4.79 Å². The van der Waals surface area contributed by atoms with E-state index >= 15 is 0 Å². The largest absolute Gasteiger partial charge is 0.474 e. The lowest BCUT2D eigenvalue weighted by atomic mass is 10.3. The molecule has 13 heavy (non-hydrogen) atoms. The van der Waals surface area contributed by atoms with Crippen molar-refractivity contribution in [3.63, 3.8) is 0 Å². The number of rotatable bonds is 5. The third-order valence-electron chi connectivity index (χ3n) is 1.41. The molecule has 6 heteroatoms. The van der Waals surface area contributed by atoms with Gasteiger partial charge in [-0.1, -0.05) is 23.5 Å². The van der Waals surface area contributed by atoms with Gasteiger partial charge in [0.05, 0.1) is 0 Å². The lowest BCUT2D eigenvalue weighted by molar-refractivity contribution is 0.0654. The van der Waals surface area contributed by atoms with E-state index in [2.05, 4.69) is 22.4 Å². The lowest BCUT2D eigenvalue weighted by Crippen LogP contribution is -2.00. The molecule has 0 aliphatic rings. The smallest absolute Gasteiger partial charge is 0.393 e. The maximum Gasteiger partial charge on any atom is 0.393 e. The maximum absolute atomic E-state index is 10.3. The molecule has 0 aromatic carbocycles. The molecule has 0 atom stereocenters. The summed E-state index contributed by atoms with van der Waals surface area (Å²) in [6, 6.07) is 0.158. The van der Waals surface area contributed by atoms with Gasteiger partial charge in [0.1, 0.15) is 0 Å². The normalized spacial score (nSPS) is 9.92. The van der Waals surface area contributed by atoms with Crippen molar-refractivity contribution < 1.29 is 14.3 Å². The van der Waals surface area contributed by atoms with Crippen LogP contribution in [0.2, 0.25) is 0 Å². The quantitative estimate of drug-likeness (QED) is 0.665. The highest BCUT2D eigenvalue weighted by atomic mass is 16.4. The van der Waals surface area contributed by atoms with Crippen molar-refractivity contribution in [3.05, 3.63) is 5.89 Å². The number of nitrogens with zero attached hydrogens (tertiary/aromatic N) is 2. The fourth-order valence-electron chi connectivity index (χ4n) is 0.753. The minimum absolute atomic E-state index is 0.158. The minimum Gasteiger partial charge on any atom is -0.474 e. The standard InChI is InChI=1S/C7H11N3O3/c1-2-3-4-8-7-10-9-5(13-7)6(11)12/h2-4H2,1H3,(H,8,10)(H,11,12). The molecule has 0 radical (unpaired) electrons. The average Bonchev–Trinajstić information content (AvgIpc) is 2.53. The Balaban J connectivity index is 2.44. The first-order valence-corrected chi connectivity index (χ1v) is 4.04. The first kappa shape index (κ1) is 9.50. The monoisotopic (exact) mass is 185 g/mol. The van der Waals surface area contributed by atoms with Gasteiger partial charge in [-0.3, -0.25) is 0 Å². The third kappa shape index (κ3) is 2.73. The highest BCUT2D eigenvalue weighted by molar-refractivity contribution is 5.81. The summed E-state index contributed by atoms with van der Waals surface area (Å²) in [6.07, 6.45) is 2.03. The van der Waals surface area contributed by atoms with Crippen molar-refractivity contribution in [2.45, 2.75) is 19.8 Å². The molecule has 72 valence electrons. The van der Waals surface area contributed by atoms with E-state index in [0.29, 0.717) is 6.54 Å². The molecule has 0 aliphatic carbocycles. The second kappa shape index (κ2) is 4.44. The van der Waals surface area contributed by atoms with Gasteiger partial charge in [0, 0.05) is 6.54 Å². The lowest BCUT2D eigenvalue weighted by Gasteiger charge is -1.96. The summed E-state index contributed by atoms with van der Waals surface area (Å²) in [6.45, 7) is 2.76. The van der Waals surface area contributed by atoms with Gasteiger partial charge in [-0.25, -0.2) is 4.79 Å². The van der Waals surface area contributed by atoms with Crippen LogP contribution in [0.5, 0.6) is 0 Å². The second-order valence-electron chi connectivity index (χ2n) is 2.50. The Morgan fingerprint density at radius 1 is 1.62 bits per heavy atom. The predicted octanol–water partition coefficient (Wildman–Crippen LogP) is 0.980. The zero-order chi connectivity index (χ0) is 9.68. The molecule has 0 fully saturated rings. The van der Waals surface area contributed by atoms with Gasteiger partial charge < -0.3 is 14.8 Å². The van der Waals surface area contributed by atoms with E-state index < -0.39 is 5.97 Å². The number of carboxylic acids is 1. The predicted molar refractivity (Wildman–Crippen MR) is 44.7 cm³/mol. The van der Waals surface area contributed by atoms with Crippen molar-refractivity contribution in [2.24, 2.45) is 0 Å². The molecule has 0 saturated heterocycles. The molecule has 0 saturated carbocycles. The van der Waals surface area contributed by atoms with Crippen molar-refractivity contribution in [2.75, 3.05) is 11.9 Å². The molecule has 0 aliphatic heterocycles. The summed E-state index contributed by atoms with van der Waals surface area (Å²) in [7, 11) is 0. The van der Waals surface area contributed by atoms with Crippen LogP contribution in [0.25, 0.3) is 0 Å². The number of carboxylic acid groups (broad SMARTS) is 1. The van der Waals surface area contributed by atoms with Crippen molar-refractivity contribution in [3.8, 4) is 0 Å². The zero-order valence-electron chi connectivity index (χ0n) is 7.28. The van der Waals surface area contributed by atoms with Gasteiger partial charge in [0.2, 0.25) is 0 Å². The Bertz CT molecular complexity index is 284. The van der Waals surface area contributed by atoms with Crippen LogP contribution in [0.1, 0.15) is 30.5 Å². The van der Waals surface area contributed by atoms with Crippen LogP contribution < -0.4 is 5.32 Å². The first-order valence-electron chi connectivity index (χ1n) is 4.04. The van der Waals surface area contributed by atoms with Crippen LogP contribution in [0.15, 0.2) is 4.42 Å². The van der Waals surface area contributed by atoms with Crippen LogP contribution in [0.4, 0.5) is 6.01 Å². The van der Waals surface area contributed by atoms with E-state index in [1.807, 2.05) is 0 Å². The van der Waals surface area contributed by atoms with E-state index in [-0.39, 0.29) is 11.9 Å². The Morgan fingerprint density at radius 3 is 2.92 bits per heavy atom. The summed E-state index contributed by atoms with van der Waals surface area (Å²) in [5.41, 5.74) is 0. The summed E-state index contributed by atoms with van der Waals surface area (Å²) >= 11 is 0. The van der Waals surface area contributed by atoms with E-state index in [1.165, 1.54) is 0 Å². The molecule has 0 amide bonds. The van der Waals surface area contributed by atoms with Gasteiger partial charge in [-0.2, -0.15) is 0 Å². The second-order valence-corrected chi connectivity index (χ2v) is 2.50. The van der Waals surface area contributed by atoms with E-state index in [1.54, 1.807) is 0 Å². The van der Waals surface area contributed by atoms with Crippen molar-refractivity contribution >= 4 is 12.0 Å². The zero-order valence-corrected chi connectivity index (χ0v) is 7.28. The van der Waals surface area contributed by atoms with Crippen LogP contribution in [0, 0.1) is 0 Å². The van der Waals surface area contributed by atoms with Gasteiger partial charge in [0.15, 0.2) is 0 Å². The number of anilines is 1. The summed E-state index contributed by atoms with van der Waals surface area (Å²) in [5, 5.41) is 18.1. The number of aromatic carboxylic acids is 1.